The van der Waals surface area contributed by atoms with Gasteiger partial charge in [0.25, 0.3) is 0 Å². The van der Waals surface area contributed by atoms with Crippen molar-refractivity contribution in [1.82, 2.24) is 4.98 Å². The summed E-state index contributed by atoms with van der Waals surface area (Å²) in [6.07, 6.45) is 3.32. The van der Waals surface area contributed by atoms with Gasteiger partial charge in [0.15, 0.2) is 0 Å². The second kappa shape index (κ2) is 5.61. The summed E-state index contributed by atoms with van der Waals surface area (Å²) in [4.78, 5) is 5.64. The Bertz CT molecular complexity index is 404. The molecule has 2 nitrogen and oxygen atoms in total. The fourth-order valence-electron chi connectivity index (χ4n) is 2.55. The third-order valence-electron chi connectivity index (χ3n) is 3.46. The van der Waals surface area contributed by atoms with Crippen LogP contribution in [0.2, 0.25) is 0 Å². The van der Waals surface area contributed by atoms with Crippen LogP contribution in [-0.4, -0.2) is 10.9 Å². The Balaban J connectivity index is 2.17. The fourth-order valence-corrected chi connectivity index (χ4v) is 3.68. The van der Waals surface area contributed by atoms with E-state index in [1.54, 1.807) is 0 Å². The zero-order chi connectivity index (χ0) is 13.2. The van der Waals surface area contributed by atoms with Crippen LogP contribution in [0, 0.1) is 0 Å². The highest BCUT2D eigenvalue weighted by Crippen LogP contribution is 2.43. The molecule has 0 spiro atoms. The Morgan fingerprint density at radius 3 is 2.89 bits per heavy atom. The van der Waals surface area contributed by atoms with Crippen LogP contribution in [0.15, 0.2) is 0 Å². The molecule has 2 rings (SSSR count). The van der Waals surface area contributed by atoms with Crippen molar-refractivity contribution >= 4 is 11.3 Å². The molecule has 18 heavy (non-hydrogen) atoms. The first-order valence-electron chi connectivity index (χ1n) is 6.62. The van der Waals surface area contributed by atoms with Gasteiger partial charge >= 0.3 is 0 Å². The second-order valence-electron chi connectivity index (χ2n) is 5.03. The SMILES string of the molecule is CCCc1nc(C2CCCC(F)(F)C2)sc1CN. The second-order valence-corrected chi connectivity index (χ2v) is 6.14. The van der Waals surface area contributed by atoms with Crippen LogP contribution in [0.5, 0.6) is 0 Å². The molecule has 0 radical (unpaired) electrons. The maximum absolute atomic E-state index is 13.4. The number of aromatic nitrogens is 1. The molecule has 0 amide bonds. The Labute approximate surface area is 111 Å². The van der Waals surface area contributed by atoms with E-state index in [-0.39, 0.29) is 18.8 Å². The van der Waals surface area contributed by atoms with E-state index in [0.717, 1.165) is 34.8 Å². The molecule has 2 N–H and O–H groups in total. The van der Waals surface area contributed by atoms with Crippen molar-refractivity contribution in [1.29, 1.82) is 0 Å². The van der Waals surface area contributed by atoms with E-state index >= 15 is 0 Å². The zero-order valence-corrected chi connectivity index (χ0v) is 11.5. The fraction of sp³-hybridized carbons (Fsp3) is 0.769. The van der Waals surface area contributed by atoms with Crippen LogP contribution in [0.3, 0.4) is 0 Å². The molecule has 0 bridgehead atoms. The van der Waals surface area contributed by atoms with Gasteiger partial charge in [-0.3, -0.25) is 0 Å². The van der Waals surface area contributed by atoms with Gasteiger partial charge in [-0.2, -0.15) is 0 Å². The molecule has 1 fully saturated rings. The summed E-state index contributed by atoms with van der Waals surface area (Å²) in [6, 6.07) is 0. The minimum absolute atomic E-state index is 0.0282. The van der Waals surface area contributed by atoms with E-state index in [4.69, 9.17) is 5.73 Å². The first kappa shape index (κ1) is 13.9. The third-order valence-corrected chi connectivity index (χ3v) is 4.74. The largest absolute Gasteiger partial charge is 0.326 e. The summed E-state index contributed by atoms with van der Waals surface area (Å²) < 4.78 is 26.9. The van der Waals surface area contributed by atoms with Crippen LogP contribution in [0.1, 0.15) is 60.5 Å². The van der Waals surface area contributed by atoms with Crippen molar-refractivity contribution < 1.29 is 8.78 Å². The lowest BCUT2D eigenvalue weighted by Gasteiger charge is -2.27. The highest BCUT2D eigenvalue weighted by molar-refractivity contribution is 7.11. The molecule has 0 saturated heterocycles. The van der Waals surface area contributed by atoms with Crippen molar-refractivity contribution in [2.45, 2.75) is 63.8 Å². The van der Waals surface area contributed by atoms with E-state index in [9.17, 15) is 8.78 Å². The van der Waals surface area contributed by atoms with Crippen LogP contribution in [0.4, 0.5) is 8.78 Å². The smallest absolute Gasteiger partial charge is 0.248 e. The van der Waals surface area contributed by atoms with Crippen LogP contribution in [-0.2, 0) is 13.0 Å². The van der Waals surface area contributed by atoms with E-state index in [0.29, 0.717) is 13.0 Å². The molecule has 102 valence electrons. The highest BCUT2D eigenvalue weighted by Gasteiger charge is 2.38. The zero-order valence-electron chi connectivity index (χ0n) is 10.7. The van der Waals surface area contributed by atoms with Gasteiger partial charge < -0.3 is 5.73 Å². The van der Waals surface area contributed by atoms with Gasteiger partial charge in [-0.05, 0) is 19.3 Å². The monoisotopic (exact) mass is 274 g/mol. The molecule has 0 aromatic carbocycles. The molecule has 1 heterocycles. The van der Waals surface area contributed by atoms with Gasteiger partial charge in [0.1, 0.15) is 0 Å². The number of nitrogens with zero attached hydrogens (tertiary/aromatic N) is 1. The lowest BCUT2D eigenvalue weighted by Crippen LogP contribution is -2.24. The molecule has 1 saturated carbocycles. The predicted octanol–water partition coefficient (Wildman–Crippen LogP) is 3.85. The number of halogens is 2. The van der Waals surface area contributed by atoms with Gasteiger partial charge in [-0.1, -0.05) is 13.3 Å². The lowest BCUT2D eigenvalue weighted by atomic mass is 9.87. The van der Waals surface area contributed by atoms with Crippen LogP contribution < -0.4 is 5.73 Å². The first-order valence-corrected chi connectivity index (χ1v) is 7.43. The van der Waals surface area contributed by atoms with Crippen molar-refractivity contribution in [3.8, 4) is 0 Å². The number of thiazole rings is 1. The summed E-state index contributed by atoms with van der Waals surface area (Å²) in [5.74, 6) is -2.59. The maximum Gasteiger partial charge on any atom is 0.248 e. The number of rotatable bonds is 4. The molecular formula is C13H20F2N2S. The van der Waals surface area contributed by atoms with E-state index < -0.39 is 5.92 Å². The van der Waals surface area contributed by atoms with Gasteiger partial charge in [0, 0.05) is 30.2 Å². The molecule has 1 atom stereocenters. The molecule has 1 aromatic heterocycles. The highest BCUT2D eigenvalue weighted by atomic mass is 32.1. The van der Waals surface area contributed by atoms with Crippen LogP contribution in [0.25, 0.3) is 0 Å². The number of nitrogens with two attached hydrogens (primary N) is 1. The lowest BCUT2D eigenvalue weighted by molar-refractivity contribution is -0.0408. The molecule has 1 aromatic rings. The standard InChI is InChI=1S/C13H20F2N2S/c1-2-4-10-11(8-16)18-12(17-10)9-5-3-6-13(14,15)7-9/h9H,2-8,16H2,1H3. The number of hydrogen-bond donors (Lipinski definition) is 1. The van der Waals surface area contributed by atoms with Crippen LogP contribution >= 0.6 is 11.3 Å². The Kier molecular flexibility index (Phi) is 4.33. The molecule has 0 aliphatic heterocycles. The predicted molar refractivity (Wildman–Crippen MR) is 70.2 cm³/mol. The van der Waals surface area contributed by atoms with Crippen molar-refractivity contribution in [2.24, 2.45) is 5.73 Å². The summed E-state index contributed by atoms with van der Waals surface area (Å²) >= 11 is 1.54. The Morgan fingerprint density at radius 1 is 1.50 bits per heavy atom. The molecular weight excluding hydrogens is 254 g/mol. The Hall–Kier alpha value is -0.550. The maximum atomic E-state index is 13.4. The van der Waals surface area contributed by atoms with Gasteiger partial charge in [0.2, 0.25) is 5.92 Å². The van der Waals surface area contributed by atoms with Gasteiger partial charge in [0.05, 0.1) is 10.7 Å². The summed E-state index contributed by atoms with van der Waals surface area (Å²) in [5.41, 5.74) is 6.72. The number of alkyl halides is 2. The molecule has 1 aliphatic carbocycles. The number of hydrogen-bond acceptors (Lipinski definition) is 3. The summed E-state index contributed by atoms with van der Waals surface area (Å²) in [6.45, 7) is 2.56. The van der Waals surface area contributed by atoms with Crippen molar-refractivity contribution in [2.75, 3.05) is 0 Å². The number of aryl methyl sites for hydroxylation is 1. The summed E-state index contributed by atoms with van der Waals surface area (Å²) in [7, 11) is 0. The Morgan fingerprint density at radius 2 is 2.28 bits per heavy atom. The molecule has 1 aliphatic rings. The van der Waals surface area contributed by atoms with Crippen molar-refractivity contribution in [3.63, 3.8) is 0 Å². The van der Waals surface area contributed by atoms with Gasteiger partial charge in [-0.15, -0.1) is 11.3 Å². The normalized spacial score (nSPS) is 23.2. The molecule has 1 unspecified atom stereocenters. The molecule has 5 heteroatoms. The topological polar surface area (TPSA) is 38.9 Å². The van der Waals surface area contributed by atoms with E-state index in [1.165, 1.54) is 11.3 Å². The van der Waals surface area contributed by atoms with Crippen molar-refractivity contribution in [3.05, 3.63) is 15.6 Å². The van der Waals surface area contributed by atoms with E-state index in [1.807, 2.05) is 0 Å². The first-order chi connectivity index (χ1) is 8.55. The van der Waals surface area contributed by atoms with E-state index in [2.05, 4.69) is 11.9 Å². The minimum atomic E-state index is -2.51. The minimum Gasteiger partial charge on any atom is -0.326 e. The quantitative estimate of drug-likeness (QED) is 0.905. The average molecular weight is 274 g/mol. The average Bonchev–Trinajstić information content (AvgIpc) is 2.71. The van der Waals surface area contributed by atoms with Gasteiger partial charge in [-0.25, -0.2) is 13.8 Å². The third kappa shape index (κ3) is 3.06. The summed E-state index contributed by atoms with van der Waals surface area (Å²) in [5, 5.41) is 0.873.